The lowest BCUT2D eigenvalue weighted by molar-refractivity contribution is 0.428. The van der Waals surface area contributed by atoms with Crippen molar-refractivity contribution in [2.45, 2.75) is 58.9 Å². The monoisotopic (exact) mass is 374 g/mol. The normalized spacial score (nSPS) is 19.7. The van der Waals surface area contributed by atoms with Crippen LogP contribution in [0.5, 0.6) is 5.75 Å². The second-order valence-corrected chi connectivity index (χ2v) is 8.08. The molecule has 1 saturated carbocycles. The van der Waals surface area contributed by atoms with Gasteiger partial charge >= 0.3 is 0 Å². The molecular formula is C23H26N4O. The first-order chi connectivity index (χ1) is 13.5. The number of anilines is 1. The summed E-state index contributed by atoms with van der Waals surface area (Å²) >= 11 is 0. The first-order valence-electron chi connectivity index (χ1n) is 10.0. The second-order valence-electron chi connectivity index (χ2n) is 8.08. The lowest BCUT2D eigenvalue weighted by Gasteiger charge is -2.27. The second kappa shape index (κ2) is 7.27. The van der Waals surface area contributed by atoms with Gasteiger partial charge in [0.1, 0.15) is 17.6 Å². The van der Waals surface area contributed by atoms with Gasteiger partial charge in [0.2, 0.25) is 0 Å². The topological polar surface area (TPSA) is 72.5 Å². The molecule has 1 fully saturated rings. The number of pyridine rings is 1. The van der Waals surface area contributed by atoms with Crippen LogP contribution in [0.1, 0.15) is 60.1 Å². The number of rotatable bonds is 3. The Morgan fingerprint density at radius 1 is 1.11 bits per heavy atom. The zero-order valence-electron chi connectivity index (χ0n) is 16.7. The number of hydrogen-bond donors (Lipinski definition) is 1. The van der Waals surface area contributed by atoms with Crippen LogP contribution in [0.3, 0.4) is 0 Å². The number of phenolic OH excluding ortho intramolecular Hbond substituents is 1. The Morgan fingerprint density at radius 2 is 1.79 bits per heavy atom. The molecule has 2 heterocycles. The molecule has 1 unspecified atom stereocenters. The van der Waals surface area contributed by atoms with Crippen LogP contribution in [0.15, 0.2) is 29.4 Å². The van der Waals surface area contributed by atoms with Crippen molar-refractivity contribution in [3.8, 4) is 11.8 Å². The maximum atomic E-state index is 10.1. The molecular weight excluding hydrogens is 348 g/mol. The summed E-state index contributed by atoms with van der Waals surface area (Å²) in [6.07, 6.45) is 5.90. The van der Waals surface area contributed by atoms with Crippen LogP contribution in [-0.4, -0.2) is 21.8 Å². The van der Waals surface area contributed by atoms with Crippen molar-refractivity contribution in [2.75, 3.05) is 5.01 Å². The lowest BCUT2D eigenvalue weighted by atomic mass is 9.91. The molecule has 1 aromatic heterocycles. The number of phenols is 1. The Kier molecular flexibility index (Phi) is 4.80. The van der Waals surface area contributed by atoms with Crippen molar-refractivity contribution >= 4 is 11.5 Å². The van der Waals surface area contributed by atoms with Gasteiger partial charge in [-0.1, -0.05) is 12.8 Å². The van der Waals surface area contributed by atoms with Crippen LogP contribution in [0.25, 0.3) is 0 Å². The largest absolute Gasteiger partial charge is 0.507 e. The average Bonchev–Trinajstić information content (AvgIpc) is 3.35. The summed E-state index contributed by atoms with van der Waals surface area (Å²) in [5, 5.41) is 26.4. The molecule has 1 aromatic carbocycles. The Balaban J connectivity index is 1.74. The minimum Gasteiger partial charge on any atom is -0.507 e. The van der Waals surface area contributed by atoms with Gasteiger partial charge in [0, 0.05) is 6.42 Å². The minimum atomic E-state index is 0.298. The van der Waals surface area contributed by atoms with Gasteiger partial charge in [-0.15, -0.1) is 0 Å². The Labute approximate surface area is 166 Å². The number of hydrazone groups is 1. The van der Waals surface area contributed by atoms with Crippen LogP contribution >= 0.6 is 0 Å². The van der Waals surface area contributed by atoms with E-state index in [4.69, 9.17) is 5.10 Å². The molecule has 0 saturated heterocycles. The van der Waals surface area contributed by atoms with E-state index in [-0.39, 0.29) is 0 Å². The van der Waals surface area contributed by atoms with Crippen molar-refractivity contribution in [2.24, 2.45) is 11.0 Å². The van der Waals surface area contributed by atoms with Crippen molar-refractivity contribution in [1.29, 1.82) is 5.26 Å². The third-order valence-electron chi connectivity index (χ3n) is 6.14. The molecule has 0 bridgehead atoms. The Morgan fingerprint density at radius 3 is 2.39 bits per heavy atom. The fourth-order valence-corrected chi connectivity index (χ4v) is 4.55. The lowest BCUT2D eigenvalue weighted by Crippen LogP contribution is -2.33. The highest BCUT2D eigenvalue weighted by atomic mass is 16.3. The van der Waals surface area contributed by atoms with Crippen LogP contribution in [-0.2, 0) is 0 Å². The molecule has 0 radical (unpaired) electrons. The standard InChI is InChI=1S/C23H26N4O/c1-14-10-19(11-15(2)23(14)28)20-12-21(17-6-4-5-7-17)27(26-20)22-9-8-18(13-24)16(3)25-22/h8-11,17,21,28H,4-7,12H2,1-3H3. The molecule has 2 aromatic rings. The summed E-state index contributed by atoms with van der Waals surface area (Å²) in [5.74, 6) is 1.78. The first-order valence-corrected chi connectivity index (χ1v) is 10.0. The van der Waals surface area contributed by atoms with E-state index in [2.05, 4.69) is 16.1 Å². The summed E-state index contributed by atoms with van der Waals surface area (Å²) in [7, 11) is 0. The van der Waals surface area contributed by atoms with Crippen molar-refractivity contribution in [3.05, 3.63) is 52.2 Å². The zero-order chi connectivity index (χ0) is 19.8. The molecule has 5 nitrogen and oxygen atoms in total. The van der Waals surface area contributed by atoms with Gasteiger partial charge in [0.15, 0.2) is 0 Å². The number of aryl methyl sites for hydroxylation is 3. The quantitative estimate of drug-likeness (QED) is 0.841. The maximum absolute atomic E-state index is 10.1. The van der Waals surface area contributed by atoms with Crippen molar-refractivity contribution in [1.82, 2.24) is 4.98 Å². The maximum Gasteiger partial charge on any atom is 0.149 e. The van der Waals surface area contributed by atoms with E-state index in [1.54, 1.807) is 0 Å². The number of hydrogen-bond acceptors (Lipinski definition) is 5. The molecule has 5 heteroatoms. The number of benzene rings is 1. The average molecular weight is 374 g/mol. The zero-order valence-corrected chi connectivity index (χ0v) is 16.7. The van der Waals surface area contributed by atoms with Crippen LogP contribution in [0, 0.1) is 38.0 Å². The fraction of sp³-hybridized carbons (Fsp3) is 0.435. The number of nitrogens with zero attached hydrogens (tertiary/aromatic N) is 4. The van der Waals surface area contributed by atoms with E-state index in [0.717, 1.165) is 40.3 Å². The Bertz CT molecular complexity index is 960. The minimum absolute atomic E-state index is 0.298. The molecule has 1 N–H and O–H groups in total. The molecule has 2 aliphatic rings. The summed E-state index contributed by atoms with van der Waals surface area (Å²) in [6, 6.07) is 10.3. The third-order valence-corrected chi connectivity index (χ3v) is 6.14. The van der Waals surface area contributed by atoms with Gasteiger partial charge in [-0.25, -0.2) is 9.99 Å². The van der Waals surface area contributed by atoms with Gasteiger partial charge in [-0.05, 0) is 80.5 Å². The van der Waals surface area contributed by atoms with Gasteiger partial charge in [0.05, 0.1) is 23.0 Å². The van der Waals surface area contributed by atoms with E-state index in [1.807, 2.05) is 45.0 Å². The fourth-order valence-electron chi connectivity index (χ4n) is 4.55. The van der Waals surface area contributed by atoms with Gasteiger partial charge in [-0.3, -0.25) is 0 Å². The molecule has 0 amide bonds. The molecule has 1 aliphatic carbocycles. The van der Waals surface area contributed by atoms with Crippen molar-refractivity contribution < 1.29 is 5.11 Å². The van der Waals surface area contributed by atoms with Gasteiger partial charge in [-0.2, -0.15) is 10.4 Å². The summed E-state index contributed by atoms with van der Waals surface area (Å²) < 4.78 is 0. The highest BCUT2D eigenvalue weighted by molar-refractivity contribution is 6.03. The van der Waals surface area contributed by atoms with Crippen LogP contribution in [0.4, 0.5) is 5.82 Å². The predicted octanol–water partition coefficient (Wildman–Crippen LogP) is 4.76. The van der Waals surface area contributed by atoms with Crippen LogP contribution < -0.4 is 5.01 Å². The first kappa shape index (κ1) is 18.5. The van der Waals surface area contributed by atoms with E-state index < -0.39 is 0 Å². The number of aromatic hydroxyl groups is 1. The number of aromatic nitrogens is 1. The molecule has 28 heavy (non-hydrogen) atoms. The molecule has 4 rings (SSSR count). The van der Waals surface area contributed by atoms with E-state index in [1.165, 1.54) is 25.7 Å². The number of nitriles is 1. The predicted molar refractivity (Wildman–Crippen MR) is 111 cm³/mol. The Hall–Kier alpha value is -2.87. The third kappa shape index (κ3) is 3.24. The van der Waals surface area contributed by atoms with Crippen LogP contribution in [0.2, 0.25) is 0 Å². The SMILES string of the molecule is Cc1cc(C2=NN(c3ccc(C#N)c(C)n3)C(C3CCCC3)C2)cc(C)c1O. The summed E-state index contributed by atoms with van der Waals surface area (Å²) in [5.41, 5.74) is 5.22. The molecule has 1 aliphatic heterocycles. The van der Waals surface area contributed by atoms with Gasteiger partial charge in [0.25, 0.3) is 0 Å². The van der Waals surface area contributed by atoms with E-state index >= 15 is 0 Å². The highest BCUT2D eigenvalue weighted by Gasteiger charge is 2.36. The molecule has 144 valence electrons. The van der Waals surface area contributed by atoms with E-state index in [0.29, 0.717) is 23.3 Å². The van der Waals surface area contributed by atoms with E-state index in [9.17, 15) is 10.4 Å². The summed E-state index contributed by atoms with van der Waals surface area (Å²) in [6.45, 7) is 5.73. The van der Waals surface area contributed by atoms with Gasteiger partial charge < -0.3 is 5.11 Å². The highest BCUT2D eigenvalue weighted by Crippen LogP contribution is 2.38. The molecule has 0 spiro atoms. The summed E-state index contributed by atoms with van der Waals surface area (Å²) in [4.78, 5) is 4.68. The smallest absolute Gasteiger partial charge is 0.149 e. The molecule has 1 atom stereocenters. The van der Waals surface area contributed by atoms with Crippen molar-refractivity contribution in [3.63, 3.8) is 0 Å².